The van der Waals surface area contributed by atoms with Crippen LogP contribution in [-0.2, 0) is 16.0 Å². The number of nitrogens with zero attached hydrogens (tertiary/aromatic N) is 4. The summed E-state index contributed by atoms with van der Waals surface area (Å²) in [6.07, 6.45) is 0. The molecular weight excluding hydrogens is 416 g/mol. The average molecular weight is 447 g/mol. The van der Waals surface area contributed by atoms with Crippen molar-refractivity contribution in [3.63, 3.8) is 0 Å². The van der Waals surface area contributed by atoms with Gasteiger partial charge in [0.1, 0.15) is 5.82 Å². The number of hydrogen-bond donors (Lipinski definition) is 0. The van der Waals surface area contributed by atoms with E-state index in [4.69, 9.17) is 14.5 Å². The van der Waals surface area contributed by atoms with E-state index in [9.17, 15) is 4.79 Å². The third-order valence-corrected chi connectivity index (χ3v) is 6.37. The third kappa shape index (κ3) is 4.65. The Morgan fingerprint density at radius 2 is 1.61 bits per heavy atom. The molecule has 3 aromatic rings. The van der Waals surface area contributed by atoms with Crippen LogP contribution >= 0.6 is 0 Å². The number of carbonyl (C=O) groups excluding carboxylic acids is 1. The number of amides is 1. The molecule has 2 aromatic carbocycles. The van der Waals surface area contributed by atoms with Gasteiger partial charge in [0.05, 0.1) is 37.5 Å². The lowest BCUT2D eigenvalue weighted by Gasteiger charge is -2.32. The molecule has 5 rings (SSSR count). The Kier molecular flexibility index (Phi) is 6.41. The molecule has 0 radical (unpaired) electrons. The molecule has 33 heavy (non-hydrogen) atoms. The molecule has 0 bridgehead atoms. The summed E-state index contributed by atoms with van der Waals surface area (Å²) in [5, 5.41) is 0.889. The van der Waals surface area contributed by atoms with Gasteiger partial charge in [0, 0.05) is 50.8 Å². The largest absolute Gasteiger partial charge is 0.378 e. The maximum absolute atomic E-state index is 13.4. The minimum Gasteiger partial charge on any atom is -0.378 e. The maximum atomic E-state index is 13.4. The highest BCUT2D eigenvalue weighted by atomic mass is 16.5. The molecule has 172 valence electrons. The lowest BCUT2D eigenvalue weighted by molar-refractivity contribution is 0.0304. The number of benzene rings is 2. The first-order valence-corrected chi connectivity index (χ1v) is 11.6. The molecule has 0 aliphatic carbocycles. The molecule has 0 atom stereocenters. The summed E-state index contributed by atoms with van der Waals surface area (Å²) in [4.78, 5) is 24.7. The van der Waals surface area contributed by atoms with Crippen molar-refractivity contribution in [1.29, 1.82) is 0 Å². The molecule has 0 saturated carbocycles. The van der Waals surface area contributed by atoms with E-state index in [0.717, 1.165) is 43.0 Å². The van der Waals surface area contributed by atoms with Gasteiger partial charge in [0.25, 0.3) is 5.91 Å². The molecular formula is C26H30N4O3. The Morgan fingerprint density at radius 3 is 2.39 bits per heavy atom. The van der Waals surface area contributed by atoms with Crippen LogP contribution in [0.1, 0.15) is 15.9 Å². The predicted octanol–water partition coefficient (Wildman–Crippen LogP) is 3.18. The van der Waals surface area contributed by atoms with Gasteiger partial charge in [-0.1, -0.05) is 36.4 Å². The highest BCUT2D eigenvalue weighted by Gasteiger charge is 2.23. The Morgan fingerprint density at radius 1 is 0.939 bits per heavy atom. The number of ether oxygens (including phenoxy) is 2. The van der Waals surface area contributed by atoms with Crippen molar-refractivity contribution in [2.45, 2.75) is 6.54 Å². The van der Waals surface area contributed by atoms with Crippen molar-refractivity contribution in [3.05, 3.63) is 65.7 Å². The van der Waals surface area contributed by atoms with Gasteiger partial charge < -0.3 is 24.2 Å². The molecule has 7 nitrogen and oxygen atoms in total. The number of rotatable bonds is 5. The zero-order chi connectivity index (χ0) is 22.6. The van der Waals surface area contributed by atoms with Crippen molar-refractivity contribution >= 4 is 28.3 Å². The minimum absolute atomic E-state index is 0.0419. The number of hydrogen-bond acceptors (Lipinski definition) is 6. The summed E-state index contributed by atoms with van der Waals surface area (Å²) in [6.45, 7) is 6.40. The molecule has 1 amide bonds. The molecule has 2 aliphatic rings. The molecule has 2 fully saturated rings. The van der Waals surface area contributed by atoms with Crippen LogP contribution < -0.4 is 9.80 Å². The summed E-state index contributed by atoms with van der Waals surface area (Å²) in [5.74, 6) is 0.836. The van der Waals surface area contributed by atoms with Crippen LogP contribution in [0.25, 0.3) is 10.9 Å². The summed E-state index contributed by atoms with van der Waals surface area (Å²) in [5.41, 5.74) is 4.00. The number of aromatic nitrogens is 1. The first-order valence-electron chi connectivity index (χ1n) is 11.6. The quantitative estimate of drug-likeness (QED) is 0.600. The average Bonchev–Trinajstić information content (AvgIpc) is 2.89. The molecule has 0 unspecified atom stereocenters. The second-order valence-electron chi connectivity index (χ2n) is 8.53. The molecule has 1 aromatic heterocycles. The Labute approximate surface area is 194 Å². The lowest BCUT2D eigenvalue weighted by atomic mass is 10.1. The molecule has 0 N–H and O–H groups in total. The standard InChI is InChI=1S/C26H30N4O3/c1-28(19-20-6-2-5-9-24(20)29-10-14-32-15-11-29)25-18-22(21-7-3-4-8-23(21)27-25)26(31)30-12-16-33-17-13-30/h2-9,18H,10-17,19H2,1H3. The van der Waals surface area contributed by atoms with E-state index in [-0.39, 0.29) is 5.91 Å². The molecule has 2 aliphatic heterocycles. The first kappa shape index (κ1) is 21.7. The van der Waals surface area contributed by atoms with E-state index in [0.29, 0.717) is 38.4 Å². The molecule has 3 heterocycles. The molecule has 7 heteroatoms. The number of fused-ring (bicyclic) bond motifs is 1. The second-order valence-corrected chi connectivity index (χ2v) is 8.53. The van der Waals surface area contributed by atoms with Gasteiger partial charge in [-0.2, -0.15) is 0 Å². The van der Waals surface area contributed by atoms with E-state index in [1.165, 1.54) is 11.3 Å². The summed E-state index contributed by atoms with van der Waals surface area (Å²) >= 11 is 0. The van der Waals surface area contributed by atoms with Crippen LogP contribution in [0.4, 0.5) is 11.5 Å². The van der Waals surface area contributed by atoms with Gasteiger partial charge in [-0.15, -0.1) is 0 Å². The minimum atomic E-state index is 0.0419. The SMILES string of the molecule is CN(Cc1ccccc1N1CCOCC1)c1cc(C(=O)N2CCOCC2)c2ccccc2n1. The smallest absolute Gasteiger partial charge is 0.254 e. The van der Waals surface area contributed by atoms with Crippen molar-refractivity contribution in [3.8, 4) is 0 Å². The summed E-state index contributed by atoms with van der Waals surface area (Å²) in [7, 11) is 2.04. The van der Waals surface area contributed by atoms with Crippen molar-refractivity contribution in [1.82, 2.24) is 9.88 Å². The van der Waals surface area contributed by atoms with E-state index >= 15 is 0 Å². The normalized spacial score (nSPS) is 16.8. The van der Waals surface area contributed by atoms with Gasteiger partial charge in [-0.05, 0) is 23.8 Å². The highest BCUT2D eigenvalue weighted by molar-refractivity contribution is 6.07. The number of pyridine rings is 1. The molecule has 2 saturated heterocycles. The Hall–Kier alpha value is -3.16. The van der Waals surface area contributed by atoms with Crippen molar-refractivity contribution in [2.24, 2.45) is 0 Å². The zero-order valence-electron chi connectivity index (χ0n) is 19.1. The Bertz CT molecular complexity index is 1120. The fourth-order valence-corrected chi connectivity index (χ4v) is 4.56. The molecule has 0 spiro atoms. The summed E-state index contributed by atoms with van der Waals surface area (Å²) in [6, 6.07) is 18.3. The van der Waals surface area contributed by atoms with Crippen LogP contribution in [0.3, 0.4) is 0 Å². The van der Waals surface area contributed by atoms with Crippen LogP contribution in [-0.4, -0.2) is 75.4 Å². The van der Waals surface area contributed by atoms with Gasteiger partial charge >= 0.3 is 0 Å². The third-order valence-electron chi connectivity index (χ3n) is 6.37. The van der Waals surface area contributed by atoms with Crippen LogP contribution in [0, 0.1) is 0 Å². The van der Waals surface area contributed by atoms with Crippen LogP contribution in [0.2, 0.25) is 0 Å². The van der Waals surface area contributed by atoms with E-state index in [1.54, 1.807) is 0 Å². The predicted molar refractivity (Wildman–Crippen MR) is 130 cm³/mol. The fraction of sp³-hybridized carbons (Fsp3) is 0.385. The van der Waals surface area contributed by atoms with Gasteiger partial charge in [0.2, 0.25) is 0 Å². The number of anilines is 2. The zero-order valence-corrected chi connectivity index (χ0v) is 19.1. The highest BCUT2D eigenvalue weighted by Crippen LogP contribution is 2.27. The maximum Gasteiger partial charge on any atom is 0.254 e. The topological polar surface area (TPSA) is 58.1 Å². The van der Waals surface area contributed by atoms with Crippen LogP contribution in [0.5, 0.6) is 0 Å². The number of carbonyl (C=O) groups is 1. The Balaban J connectivity index is 1.46. The van der Waals surface area contributed by atoms with Crippen molar-refractivity contribution in [2.75, 3.05) is 69.5 Å². The first-order chi connectivity index (χ1) is 16.2. The second kappa shape index (κ2) is 9.77. The van der Waals surface area contributed by atoms with E-state index < -0.39 is 0 Å². The monoisotopic (exact) mass is 446 g/mol. The van der Waals surface area contributed by atoms with E-state index in [1.807, 2.05) is 42.3 Å². The summed E-state index contributed by atoms with van der Waals surface area (Å²) < 4.78 is 11.0. The number of para-hydroxylation sites is 2. The van der Waals surface area contributed by atoms with Gasteiger partial charge in [-0.3, -0.25) is 4.79 Å². The van der Waals surface area contributed by atoms with E-state index in [2.05, 4.69) is 34.1 Å². The fourth-order valence-electron chi connectivity index (χ4n) is 4.56. The van der Waals surface area contributed by atoms with Crippen LogP contribution in [0.15, 0.2) is 54.6 Å². The van der Waals surface area contributed by atoms with Gasteiger partial charge in [-0.25, -0.2) is 4.98 Å². The number of morpholine rings is 2. The lowest BCUT2D eigenvalue weighted by Crippen LogP contribution is -2.40. The van der Waals surface area contributed by atoms with Crippen molar-refractivity contribution < 1.29 is 14.3 Å². The van der Waals surface area contributed by atoms with Gasteiger partial charge in [0.15, 0.2) is 0 Å².